The van der Waals surface area contributed by atoms with Crippen LogP contribution in [0.5, 0.6) is 0 Å². The van der Waals surface area contributed by atoms with E-state index in [1.54, 1.807) is 0 Å². The molecule has 0 saturated heterocycles. The zero-order valence-electron chi connectivity index (χ0n) is 3.33. The van der Waals surface area contributed by atoms with E-state index in [1.807, 2.05) is 0 Å². The van der Waals surface area contributed by atoms with E-state index >= 15 is 0 Å². The fourth-order valence-corrected chi connectivity index (χ4v) is 0. The van der Waals surface area contributed by atoms with Gasteiger partial charge in [-0.05, 0) is 0 Å². The molecule has 0 amide bonds. The third-order valence-corrected chi connectivity index (χ3v) is 0. The minimum atomic E-state index is 0. The molecule has 0 nitrogen and oxygen atoms in total. The summed E-state index contributed by atoms with van der Waals surface area (Å²) in [6.45, 7) is 12.0. The second-order valence-electron chi connectivity index (χ2n) is 0. The third kappa shape index (κ3) is 28.2. The van der Waals surface area contributed by atoms with Crippen LogP contribution < -0.4 is 0 Å². The predicted octanol–water partition coefficient (Wildman–Crippen LogP) is 1.69. The molecule has 4 radical (unpaired) electrons. The van der Waals surface area contributed by atoms with Crippen LogP contribution in [-0.2, 0) is 0 Å². The normalized spacial score (nSPS) is 1.60. The quantitative estimate of drug-likeness (QED) is 0.379. The molecule has 0 saturated carbocycles. The number of hydrogen-bond acceptors (Lipinski definition) is 0. The van der Waals surface area contributed by atoms with Gasteiger partial charge in [-0.25, -0.2) is 0 Å². The van der Waals surface area contributed by atoms with Gasteiger partial charge in [-0.1, -0.05) is 0 Å². The van der Waals surface area contributed by atoms with Crippen LogP contribution in [0.3, 0.4) is 0 Å². The van der Waals surface area contributed by atoms with Gasteiger partial charge in [-0.3, -0.25) is 0 Å². The minimum absolute atomic E-state index is 0. The number of rotatable bonds is 0. The highest BCUT2D eigenvalue weighted by atomic mass is 12.7. The van der Waals surface area contributed by atoms with Gasteiger partial charge >= 0.3 is 0 Å². The molecule has 0 aromatic heterocycles. The van der Waals surface area contributed by atoms with Gasteiger partial charge in [-0.2, -0.15) is 0 Å². The van der Waals surface area contributed by atoms with Crippen molar-refractivity contribution in [3.05, 3.63) is 33.7 Å². The van der Waals surface area contributed by atoms with Crippen LogP contribution in [0, 0.1) is 7.43 Å². The van der Waals surface area contributed by atoms with Crippen molar-refractivity contribution in [3.63, 3.8) is 0 Å². The van der Waals surface area contributed by atoms with Gasteiger partial charge in [0.2, 0.25) is 0 Å². The summed E-state index contributed by atoms with van der Waals surface area (Å²) in [4.78, 5) is 0. The summed E-state index contributed by atoms with van der Waals surface area (Å²) in [6, 6.07) is 0. The first-order valence-electron chi connectivity index (χ1n) is 1.000. The van der Waals surface area contributed by atoms with Crippen molar-refractivity contribution in [1.82, 2.24) is 0 Å². The lowest BCUT2D eigenvalue weighted by Gasteiger charge is -0.813. The predicted molar refractivity (Wildman–Crippen MR) is 25.8 cm³/mol. The zero-order chi connectivity index (χ0) is 4.00. The van der Waals surface area contributed by atoms with Crippen molar-refractivity contribution in [2.24, 2.45) is 0 Å². The summed E-state index contributed by atoms with van der Waals surface area (Å²) < 4.78 is 0. The van der Waals surface area contributed by atoms with Gasteiger partial charge in [-0.15, -0.1) is 26.3 Å². The smallest absolute Gasteiger partial charge is 0 e. The SMILES string of the molecule is C=C.C=C.[C]. The van der Waals surface area contributed by atoms with Crippen LogP contribution >= 0.6 is 0 Å². The van der Waals surface area contributed by atoms with Crippen LogP contribution in [0.15, 0.2) is 26.3 Å². The first-order valence-corrected chi connectivity index (χ1v) is 1.000. The molecule has 0 N–H and O–H groups in total. The Balaban J connectivity index is -0.0000000133. The van der Waals surface area contributed by atoms with Crippen LogP contribution in [0.4, 0.5) is 0 Å². The largest absolute Gasteiger partial charge is 0.106 e. The molecule has 0 aliphatic rings. The highest BCUT2D eigenvalue weighted by Crippen LogP contribution is 0.864. The van der Waals surface area contributed by atoms with E-state index in [4.69, 9.17) is 0 Å². The summed E-state index contributed by atoms with van der Waals surface area (Å²) >= 11 is 0. The van der Waals surface area contributed by atoms with E-state index in [0.717, 1.165) is 0 Å². The molecule has 0 rings (SSSR count). The maximum atomic E-state index is 3.00. The van der Waals surface area contributed by atoms with E-state index < -0.39 is 0 Å². The lowest BCUT2D eigenvalue weighted by Crippen LogP contribution is -0.552. The van der Waals surface area contributed by atoms with Gasteiger partial charge < -0.3 is 0 Å². The Hall–Kier alpha value is -0.520. The van der Waals surface area contributed by atoms with Crippen molar-refractivity contribution >= 4 is 0 Å². The topological polar surface area (TPSA) is 0 Å². The monoisotopic (exact) mass is 68.1 g/mol. The molecule has 0 aromatic carbocycles. The Labute approximate surface area is 34.8 Å². The van der Waals surface area contributed by atoms with Gasteiger partial charge in [0.25, 0.3) is 0 Å². The van der Waals surface area contributed by atoms with Crippen LogP contribution in [0.1, 0.15) is 0 Å². The molecule has 0 fully saturated rings. The molecule has 28 valence electrons. The maximum Gasteiger partial charge on any atom is 0 e. The summed E-state index contributed by atoms with van der Waals surface area (Å²) in [5, 5.41) is 0. The Kier molecular flexibility index (Phi) is 392. The highest BCUT2D eigenvalue weighted by molar-refractivity contribution is 4.22. The zero-order valence-corrected chi connectivity index (χ0v) is 3.33. The highest BCUT2D eigenvalue weighted by Gasteiger charge is 0.603. The summed E-state index contributed by atoms with van der Waals surface area (Å²) in [7, 11) is 0. The van der Waals surface area contributed by atoms with Crippen molar-refractivity contribution in [3.8, 4) is 0 Å². The molecule has 0 spiro atoms. The molecule has 0 unspecified atom stereocenters. The van der Waals surface area contributed by atoms with Crippen molar-refractivity contribution in [1.29, 1.82) is 0 Å². The molecule has 0 aliphatic carbocycles. The molecule has 0 aromatic rings. The molecule has 0 bridgehead atoms. The van der Waals surface area contributed by atoms with Gasteiger partial charge in [0, 0.05) is 7.43 Å². The summed E-state index contributed by atoms with van der Waals surface area (Å²) in [5.41, 5.74) is 0. The lowest BCUT2D eigenvalue weighted by atomic mass is 11.3. The Bertz CT molecular complexity index is 2.00. The van der Waals surface area contributed by atoms with E-state index in [0.29, 0.717) is 0 Å². The average molecular weight is 68.1 g/mol. The van der Waals surface area contributed by atoms with Crippen molar-refractivity contribution in [2.75, 3.05) is 0 Å². The van der Waals surface area contributed by atoms with Crippen LogP contribution in [-0.4, -0.2) is 0 Å². The fraction of sp³-hybridized carbons (Fsp3) is 0. The van der Waals surface area contributed by atoms with Gasteiger partial charge in [0.05, 0.1) is 0 Å². The molecular weight excluding hydrogens is 60.1 g/mol. The lowest BCUT2D eigenvalue weighted by molar-refractivity contribution is 2.81. The Morgan fingerprint density at radius 2 is 0.600 bits per heavy atom. The maximum absolute atomic E-state index is 3.00. The molecule has 0 heteroatoms. The Morgan fingerprint density at radius 1 is 0.600 bits per heavy atom. The Morgan fingerprint density at radius 3 is 0.600 bits per heavy atom. The van der Waals surface area contributed by atoms with E-state index in [-0.39, 0.29) is 7.43 Å². The molecular formula is C5H8. The molecule has 0 heterocycles. The minimum Gasteiger partial charge on any atom is -0.106 e. The molecule has 0 atom stereocenters. The summed E-state index contributed by atoms with van der Waals surface area (Å²) in [5.74, 6) is 0. The standard InChI is InChI=1S/2C2H4.C/c2*1-2;/h2*1-2H2;. The van der Waals surface area contributed by atoms with E-state index in [2.05, 4.69) is 26.3 Å². The van der Waals surface area contributed by atoms with Crippen molar-refractivity contribution in [2.45, 2.75) is 0 Å². The van der Waals surface area contributed by atoms with Crippen LogP contribution in [0.2, 0.25) is 0 Å². The second-order valence-corrected chi connectivity index (χ2v) is 0. The van der Waals surface area contributed by atoms with Crippen LogP contribution in [0.25, 0.3) is 0 Å². The third-order valence-electron chi connectivity index (χ3n) is 0. The fourth-order valence-electron chi connectivity index (χ4n) is 0. The van der Waals surface area contributed by atoms with Crippen molar-refractivity contribution < 1.29 is 0 Å². The first-order chi connectivity index (χ1) is 2.00. The van der Waals surface area contributed by atoms with Gasteiger partial charge in [0.1, 0.15) is 0 Å². The average Bonchev–Trinajstić information content (AvgIpc) is 1.50. The first kappa shape index (κ1) is 24.8. The molecule has 0 aliphatic heterocycles. The number of hydrogen-bond donors (Lipinski definition) is 0. The summed E-state index contributed by atoms with van der Waals surface area (Å²) in [6.07, 6.45) is 0. The van der Waals surface area contributed by atoms with E-state index in [9.17, 15) is 0 Å². The second kappa shape index (κ2) is 79.2. The van der Waals surface area contributed by atoms with E-state index in [1.165, 1.54) is 0 Å². The molecule has 5 heavy (non-hydrogen) atoms. The van der Waals surface area contributed by atoms with Gasteiger partial charge in [0.15, 0.2) is 0 Å².